The molecule has 1 saturated heterocycles. The zero-order valence-corrected chi connectivity index (χ0v) is 14.4. The van der Waals surface area contributed by atoms with Gasteiger partial charge in [-0.2, -0.15) is 0 Å². The van der Waals surface area contributed by atoms with Crippen molar-refractivity contribution in [1.82, 2.24) is 9.80 Å². The molecule has 2 heterocycles. The first kappa shape index (κ1) is 16.6. The van der Waals surface area contributed by atoms with Gasteiger partial charge >= 0.3 is 0 Å². The van der Waals surface area contributed by atoms with E-state index in [0.29, 0.717) is 31.9 Å². The van der Waals surface area contributed by atoms with Gasteiger partial charge in [0.2, 0.25) is 5.91 Å². The maximum Gasteiger partial charge on any atom is 0.289 e. The summed E-state index contributed by atoms with van der Waals surface area (Å²) in [5, 5.41) is -0.139. The van der Waals surface area contributed by atoms with Crippen LogP contribution >= 0.6 is 11.8 Å². The molecule has 1 aromatic heterocycles. The van der Waals surface area contributed by atoms with Gasteiger partial charge in [0.25, 0.3) is 5.91 Å². The van der Waals surface area contributed by atoms with Crippen molar-refractivity contribution in [3.63, 3.8) is 0 Å². The summed E-state index contributed by atoms with van der Waals surface area (Å²) < 4.78 is 5.15. The Bertz CT molecular complexity index is 680. The van der Waals surface area contributed by atoms with Gasteiger partial charge in [-0.05, 0) is 31.2 Å². The lowest BCUT2D eigenvalue weighted by Gasteiger charge is -2.35. The lowest BCUT2D eigenvalue weighted by atomic mass is 10.2. The molecule has 126 valence electrons. The Morgan fingerprint density at radius 1 is 1.00 bits per heavy atom. The van der Waals surface area contributed by atoms with E-state index >= 15 is 0 Å². The zero-order valence-electron chi connectivity index (χ0n) is 13.6. The van der Waals surface area contributed by atoms with Crippen molar-refractivity contribution in [3.05, 3.63) is 54.5 Å². The molecule has 0 saturated carbocycles. The van der Waals surface area contributed by atoms with Gasteiger partial charge in [-0.25, -0.2) is 0 Å². The number of benzene rings is 1. The molecule has 3 rings (SSSR count). The van der Waals surface area contributed by atoms with Crippen LogP contribution in [0.2, 0.25) is 0 Å². The van der Waals surface area contributed by atoms with Crippen molar-refractivity contribution in [2.24, 2.45) is 0 Å². The molecule has 1 aliphatic rings. The molecule has 0 radical (unpaired) electrons. The molecule has 1 fully saturated rings. The first-order chi connectivity index (χ1) is 11.6. The Labute approximate surface area is 145 Å². The highest BCUT2D eigenvalue weighted by molar-refractivity contribution is 8.00. The third kappa shape index (κ3) is 3.82. The predicted molar refractivity (Wildman–Crippen MR) is 93.0 cm³/mol. The number of furan rings is 1. The van der Waals surface area contributed by atoms with Crippen molar-refractivity contribution >= 4 is 23.6 Å². The Hall–Kier alpha value is -2.21. The van der Waals surface area contributed by atoms with Crippen LogP contribution in [0.3, 0.4) is 0 Å². The summed E-state index contributed by atoms with van der Waals surface area (Å²) in [5.41, 5.74) is 0. The molecule has 0 aliphatic carbocycles. The minimum Gasteiger partial charge on any atom is -0.459 e. The third-order valence-electron chi connectivity index (χ3n) is 4.01. The second-order valence-corrected chi connectivity index (χ2v) is 7.08. The molecule has 1 atom stereocenters. The normalized spacial score (nSPS) is 16.0. The molecule has 0 spiro atoms. The number of rotatable bonds is 4. The van der Waals surface area contributed by atoms with Gasteiger partial charge in [-0.3, -0.25) is 9.59 Å². The summed E-state index contributed by atoms with van der Waals surface area (Å²) in [6, 6.07) is 13.3. The van der Waals surface area contributed by atoms with E-state index in [4.69, 9.17) is 4.42 Å². The number of carbonyl (C=O) groups excluding carboxylic acids is 2. The largest absolute Gasteiger partial charge is 0.459 e. The number of amides is 2. The smallest absolute Gasteiger partial charge is 0.289 e. The van der Waals surface area contributed by atoms with E-state index < -0.39 is 0 Å². The minimum absolute atomic E-state index is 0.112. The summed E-state index contributed by atoms with van der Waals surface area (Å²) in [6.07, 6.45) is 1.50. The highest BCUT2D eigenvalue weighted by Crippen LogP contribution is 2.24. The molecule has 0 unspecified atom stereocenters. The molecule has 0 N–H and O–H groups in total. The molecule has 2 aromatic rings. The molecule has 1 aliphatic heterocycles. The van der Waals surface area contributed by atoms with Gasteiger partial charge in [0.05, 0.1) is 11.5 Å². The van der Waals surface area contributed by atoms with Crippen LogP contribution < -0.4 is 0 Å². The zero-order chi connectivity index (χ0) is 16.9. The highest BCUT2D eigenvalue weighted by atomic mass is 32.2. The number of nitrogens with zero attached hydrogens (tertiary/aromatic N) is 2. The van der Waals surface area contributed by atoms with Crippen LogP contribution in [-0.4, -0.2) is 53.0 Å². The SMILES string of the molecule is C[C@H](Sc1ccccc1)C(=O)N1CCN(C(=O)c2ccco2)CC1. The number of carbonyl (C=O) groups is 2. The monoisotopic (exact) mass is 344 g/mol. The van der Waals surface area contributed by atoms with Gasteiger partial charge in [0, 0.05) is 31.1 Å². The minimum atomic E-state index is -0.139. The summed E-state index contributed by atoms with van der Waals surface area (Å²) in [4.78, 5) is 29.5. The number of piperazine rings is 1. The molecular weight excluding hydrogens is 324 g/mol. The van der Waals surface area contributed by atoms with Crippen molar-refractivity contribution in [2.45, 2.75) is 17.1 Å². The summed E-state index contributed by atoms with van der Waals surface area (Å²) in [5.74, 6) is 0.357. The van der Waals surface area contributed by atoms with Crippen molar-refractivity contribution in [2.75, 3.05) is 26.2 Å². The molecule has 24 heavy (non-hydrogen) atoms. The predicted octanol–water partition coefficient (Wildman–Crippen LogP) is 2.74. The van der Waals surface area contributed by atoms with Crippen LogP contribution in [0, 0.1) is 0 Å². The fraction of sp³-hybridized carbons (Fsp3) is 0.333. The van der Waals surface area contributed by atoms with Crippen molar-refractivity contribution < 1.29 is 14.0 Å². The van der Waals surface area contributed by atoms with Gasteiger partial charge < -0.3 is 14.2 Å². The van der Waals surface area contributed by atoms with Crippen LogP contribution in [0.25, 0.3) is 0 Å². The fourth-order valence-corrected chi connectivity index (χ4v) is 3.67. The number of thioether (sulfide) groups is 1. The van der Waals surface area contributed by atoms with E-state index in [2.05, 4.69) is 0 Å². The van der Waals surface area contributed by atoms with E-state index in [1.165, 1.54) is 6.26 Å². The lowest BCUT2D eigenvalue weighted by Crippen LogP contribution is -2.52. The third-order valence-corrected chi connectivity index (χ3v) is 5.11. The molecular formula is C18H20N2O3S. The van der Waals surface area contributed by atoms with Gasteiger partial charge in [-0.15, -0.1) is 11.8 Å². The van der Waals surface area contributed by atoms with E-state index in [1.54, 1.807) is 28.8 Å². The first-order valence-electron chi connectivity index (χ1n) is 7.98. The molecule has 6 heteroatoms. The van der Waals surface area contributed by atoms with Crippen LogP contribution in [0.4, 0.5) is 0 Å². The summed E-state index contributed by atoms with van der Waals surface area (Å²) in [7, 11) is 0. The average molecular weight is 344 g/mol. The van der Waals surface area contributed by atoms with Gasteiger partial charge in [-0.1, -0.05) is 18.2 Å². The van der Waals surface area contributed by atoms with Crippen molar-refractivity contribution in [1.29, 1.82) is 0 Å². The van der Waals surface area contributed by atoms with E-state index in [-0.39, 0.29) is 17.1 Å². The van der Waals surface area contributed by atoms with Crippen LogP contribution in [0.15, 0.2) is 58.0 Å². The van der Waals surface area contributed by atoms with E-state index in [0.717, 1.165) is 4.90 Å². The van der Waals surface area contributed by atoms with Crippen LogP contribution in [0.5, 0.6) is 0 Å². The molecule has 5 nitrogen and oxygen atoms in total. The Morgan fingerprint density at radius 2 is 1.67 bits per heavy atom. The molecule has 1 aromatic carbocycles. The van der Waals surface area contributed by atoms with E-state index in [9.17, 15) is 9.59 Å². The number of hydrogen-bond donors (Lipinski definition) is 0. The maximum absolute atomic E-state index is 12.6. The lowest BCUT2D eigenvalue weighted by molar-refractivity contribution is -0.131. The van der Waals surface area contributed by atoms with E-state index in [1.807, 2.05) is 42.2 Å². The topological polar surface area (TPSA) is 53.8 Å². The fourth-order valence-electron chi connectivity index (χ4n) is 2.70. The number of hydrogen-bond acceptors (Lipinski definition) is 4. The standard InChI is InChI=1S/C18H20N2O3S/c1-14(24-15-6-3-2-4-7-15)17(21)19-9-11-20(12-10-19)18(22)16-8-5-13-23-16/h2-8,13-14H,9-12H2,1H3/t14-/m0/s1. The average Bonchev–Trinajstić information content (AvgIpc) is 3.16. The van der Waals surface area contributed by atoms with Gasteiger partial charge in [0.1, 0.15) is 0 Å². The highest BCUT2D eigenvalue weighted by Gasteiger charge is 2.28. The van der Waals surface area contributed by atoms with Gasteiger partial charge in [0.15, 0.2) is 5.76 Å². The summed E-state index contributed by atoms with van der Waals surface area (Å²) in [6.45, 7) is 4.12. The summed E-state index contributed by atoms with van der Waals surface area (Å²) >= 11 is 1.56. The maximum atomic E-state index is 12.6. The quantitative estimate of drug-likeness (QED) is 0.801. The second kappa shape index (κ2) is 7.57. The van der Waals surface area contributed by atoms with Crippen LogP contribution in [-0.2, 0) is 4.79 Å². The Kier molecular flexibility index (Phi) is 5.25. The van der Waals surface area contributed by atoms with Crippen molar-refractivity contribution in [3.8, 4) is 0 Å². The second-order valence-electron chi connectivity index (χ2n) is 5.67. The Morgan fingerprint density at radius 3 is 2.29 bits per heavy atom. The van der Waals surface area contributed by atoms with Crippen LogP contribution in [0.1, 0.15) is 17.5 Å². The first-order valence-corrected chi connectivity index (χ1v) is 8.86. The molecule has 0 bridgehead atoms. The molecule has 2 amide bonds. The Balaban J connectivity index is 1.52.